The van der Waals surface area contributed by atoms with Crippen LogP contribution >= 0.6 is 0 Å². The second-order valence-electron chi connectivity index (χ2n) is 13.9. The van der Waals surface area contributed by atoms with Crippen molar-refractivity contribution in [3.8, 4) is 39.9 Å². The highest BCUT2D eigenvalue weighted by Crippen LogP contribution is 2.32. The summed E-state index contributed by atoms with van der Waals surface area (Å²) in [5.74, 6) is 1.92. The number of para-hydroxylation sites is 1. The molecule has 7 aromatic carbocycles. The van der Waals surface area contributed by atoms with Crippen LogP contribution in [0.2, 0.25) is 0 Å². The van der Waals surface area contributed by atoms with Crippen molar-refractivity contribution in [2.45, 2.75) is 0 Å². The number of benzene rings is 7. The number of fused-ring (bicyclic) bond motifs is 3. The molecule has 6 heteroatoms. The van der Waals surface area contributed by atoms with Crippen molar-refractivity contribution >= 4 is 50.6 Å². The van der Waals surface area contributed by atoms with Crippen molar-refractivity contribution in [2.24, 2.45) is 0 Å². The predicted octanol–water partition coefficient (Wildman–Crippen LogP) is 8.74. The van der Waals surface area contributed by atoms with Crippen molar-refractivity contribution < 1.29 is 0 Å². The second-order valence-corrected chi connectivity index (χ2v) is 17.7. The quantitative estimate of drug-likeness (QED) is 0.116. The minimum absolute atomic E-state index is 0.635. The molecule has 5 nitrogen and oxygen atoms in total. The Morgan fingerprint density at radius 1 is 0.357 bits per heavy atom. The van der Waals surface area contributed by atoms with E-state index in [1.54, 1.807) is 0 Å². The van der Waals surface area contributed by atoms with Gasteiger partial charge in [0.1, 0.15) is 0 Å². The number of hydrogen-bond donors (Lipinski definition) is 0. The first-order valence-electron chi connectivity index (χ1n) is 18.8. The Labute approximate surface area is 326 Å². The first kappa shape index (κ1) is 33.3. The average Bonchev–Trinajstić information content (AvgIpc) is 3.62. The molecule has 0 aliphatic rings. The van der Waals surface area contributed by atoms with Gasteiger partial charge in [-0.3, -0.25) is 4.98 Å². The van der Waals surface area contributed by atoms with Gasteiger partial charge >= 0.3 is 0 Å². The number of aromatic nitrogens is 5. The molecular weight excluding hydrogens is 699 g/mol. The minimum atomic E-state index is -3.01. The molecule has 0 saturated heterocycles. The van der Waals surface area contributed by atoms with Crippen molar-refractivity contribution in [1.29, 1.82) is 0 Å². The highest BCUT2D eigenvalue weighted by molar-refractivity contribution is 7.20. The molecule has 0 aliphatic heterocycles. The van der Waals surface area contributed by atoms with Gasteiger partial charge in [0.25, 0.3) is 0 Å². The third kappa shape index (κ3) is 5.71. The van der Waals surface area contributed by atoms with E-state index >= 15 is 0 Å². The van der Waals surface area contributed by atoms with Crippen LogP contribution in [0.5, 0.6) is 0 Å². The molecule has 10 aromatic rings. The van der Waals surface area contributed by atoms with E-state index in [0.717, 1.165) is 33.4 Å². The highest BCUT2D eigenvalue weighted by atomic mass is 28.3. The number of nitrogens with zero attached hydrogens (tertiary/aromatic N) is 5. The fourth-order valence-electron chi connectivity index (χ4n) is 8.16. The van der Waals surface area contributed by atoms with Gasteiger partial charge in [0.05, 0.1) is 17.2 Å². The van der Waals surface area contributed by atoms with Crippen LogP contribution in [-0.2, 0) is 0 Å². The molecule has 56 heavy (non-hydrogen) atoms. The maximum atomic E-state index is 5.14. The van der Waals surface area contributed by atoms with Crippen LogP contribution in [0.4, 0.5) is 0 Å². The Morgan fingerprint density at radius 3 is 1.41 bits per heavy atom. The molecule has 0 unspecified atom stereocenters. The molecule has 0 amide bonds. The fraction of sp³-hybridized carbons (Fsp3) is 0. The van der Waals surface area contributed by atoms with Crippen molar-refractivity contribution in [2.75, 3.05) is 0 Å². The van der Waals surface area contributed by atoms with Crippen LogP contribution in [0, 0.1) is 0 Å². The highest BCUT2D eigenvalue weighted by Gasteiger charge is 2.42. The molecule has 0 bridgehead atoms. The third-order valence-corrected chi connectivity index (χ3v) is 15.4. The van der Waals surface area contributed by atoms with Crippen LogP contribution in [0.3, 0.4) is 0 Å². The van der Waals surface area contributed by atoms with E-state index < -0.39 is 8.07 Å². The van der Waals surface area contributed by atoms with E-state index in [2.05, 4.69) is 149 Å². The lowest BCUT2D eigenvalue weighted by molar-refractivity contribution is 1.07. The molecule has 0 N–H and O–H groups in total. The van der Waals surface area contributed by atoms with Gasteiger partial charge in [-0.05, 0) is 45.0 Å². The molecular formula is C50H35N5Si. The van der Waals surface area contributed by atoms with E-state index in [9.17, 15) is 0 Å². The van der Waals surface area contributed by atoms with Gasteiger partial charge in [0.2, 0.25) is 0 Å². The molecule has 3 heterocycles. The summed E-state index contributed by atoms with van der Waals surface area (Å²) in [5.41, 5.74) is 6.16. The summed E-state index contributed by atoms with van der Waals surface area (Å²) in [7, 11) is -3.01. The Morgan fingerprint density at radius 2 is 0.821 bits per heavy atom. The van der Waals surface area contributed by atoms with Crippen molar-refractivity contribution in [3.63, 3.8) is 0 Å². The maximum absolute atomic E-state index is 5.14. The zero-order valence-corrected chi connectivity index (χ0v) is 31.4. The zero-order chi connectivity index (χ0) is 37.3. The van der Waals surface area contributed by atoms with E-state index in [-0.39, 0.29) is 0 Å². The fourth-order valence-corrected chi connectivity index (χ4v) is 12.9. The van der Waals surface area contributed by atoms with E-state index in [4.69, 9.17) is 15.0 Å². The largest absolute Gasteiger partial charge is 0.308 e. The lowest BCUT2D eigenvalue weighted by Gasteiger charge is -2.34. The molecule has 0 aliphatic carbocycles. The van der Waals surface area contributed by atoms with Crippen molar-refractivity contribution in [1.82, 2.24) is 24.5 Å². The Hall–Kier alpha value is -7.28. The van der Waals surface area contributed by atoms with Gasteiger partial charge in [-0.25, -0.2) is 15.0 Å². The minimum Gasteiger partial charge on any atom is -0.308 e. The van der Waals surface area contributed by atoms with Crippen LogP contribution in [-0.4, -0.2) is 32.6 Å². The summed E-state index contributed by atoms with van der Waals surface area (Å²) >= 11 is 0. The van der Waals surface area contributed by atoms with Crippen molar-refractivity contribution in [3.05, 3.63) is 213 Å². The van der Waals surface area contributed by atoms with Crippen LogP contribution in [0.15, 0.2) is 213 Å². The summed E-state index contributed by atoms with van der Waals surface area (Å²) < 4.78 is 2.35. The van der Waals surface area contributed by atoms with E-state index in [1.807, 2.05) is 73.1 Å². The first-order valence-corrected chi connectivity index (χ1v) is 20.8. The standard InChI is InChI=1S/C50H35N5Si/c1-6-17-36(18-7-1)48-52-49(37-19-8-2-9-20-37)54-50(53-48)38-21-16-28-42(33-38)56(40-24-12-4-13-25-40,41-26-14-5-15-27-41)43-29-30-44-45-31-32-51-35-47(45)55(46(44)34-43)39-22-10-3-11-23-39/h1-35H. The van der Waals surface area contributed by atoms with Gasteiger partial charge in [-0.15, -0.1) is 0 Å². The first-order chi connectivity index (χ1) is 27.8. The second kappa shape index (κ2) is 14.2. The summed E-state index contributed by atoms with van der Waals surface area (Å²) in [6.07, 6.45) is 3.86. The predicted molar refractivity (Wildman–Crippen MR) is 232 cm³/mol. The normalized spacial score (nSPS) is 11.6. The number of pyridine rings is 1. The summed E-state index contributed by atoms with van der Waals surface area (Å²) in [6.45, 7) is 0. The maximum Gasteiger partial charge on any atom is 0.179 e. The molecule has 264 valence electrons. The topological polar surface area (TPSA) is 56.5 Å². The monoisotopic (exact) mass is 733 g/mol. The summed E-state index contributed by atoms with van der Waals surface area (Å²) in [6, 6.07) is 71.1. The third-order valence-electron chi connectivity index (χ3n) is 10.7. The smallest absolute Gasteiger partial charge is 0.179 e. The van der Waals surface area contributed by atoms with Gasteiger partial charge in [-0.2, -0.15) is 0 Å². The van der Waals surface area contributed by atoms with Crippen LogP contribution in [0.1, 0.15) is 0 Å². The van der Waals surface area contributed by atoms with Crippen LogP contribution in [0.25, 0.3) is 61.7 Å². The molecule has 0 spiro atoms. The Balaban J connectivity index is 1.26. The Bertz CT molecular complexity index is 2860. The molecule has 0 atom stereocenters. The number of rotatable bonds is 8. The lowest BCUT2D eigenvalue weighted by Crippen LogP contribution is -2.74. The number of hydrogen-bond acceptors (Lipinski definition) is 4. The van der Waals surface area contributed by atoms with E-state index in [1.165, 1.54) is 31.5 Å². The Kier molecular flexibility index (Phi) is 8.43. The zero-order valence-electron chi connectivity index (χ0n) is 30.4. The van der Waals surface area contributed by atoms with Gasteiger partial charge in [0, 0.05) is 39.3 Å². The molecule has 0 fully saturated rings. The van der Waals surface area contributed by atoms with Gasteiger partial charge in [0.15, 0.2) is 25.5 Å². The molecule has 3 aromatic heterocycles. The lowest BCUT2D eigenvalue weighted by atomic mass is 10.1. The van der Waals surface area contributed by atoms with Crippen LogP contribution < -0.4 is 20.7 Å². The van der Waals surface area contributed by atoms with E-state index in [0.29, 0.717) is 17.5 Å². The summed E-state index contributed by atoms with van der Waals surface area (Å²) in [4.78, 5) is 19.8. The van der Waals surface area contributed by atoms with Gasteiger partial charge < -0.3 is 4.57 Å². The molecule has 0 saturated carbocycles. The molecule has 10 rings (SSSR count). The SMILES string of the molecule is c1ccc(-c2nc(-c3ccccc3)nc(-c3cccc([Si](c4ccccc4)(c4ccccc4)c4ccc5c6ccncc6n(-c6ccccc6)c5c4)c3)n2)cc1. The summed E-state index contributed by atoms with van der Waals surface area (Å²) in [5, 5.41) is 7.46. The van der Waals surface area contributed by atoms with Gasteiger partial charge in [-0.1, -0.05) is 176 Å². The average molecular weight is 734 g/mol. The molecule has 0 radical (unpaired) electrons.